The lowest BCUT2D eigenvalue weighted by Gasteiger charge is -2.39. The number of carbonyl (C=O) groups excluding carboxylic acids is 2. The number of hydrogen-bond acceptors (Lipinski definition) is 8. The van der Waals surface area contributed by atoms with Crippen LogP contribution in [0.15, 0.2) is 64.6 Å². The topological polar surface area (TPSA) is 108 Å². The highest BCUT2D eigenvalue weighted by Crippen LogP contribution is 2.30. The number of hydrazone groups is 1. The highest BCUT2D eigenvalue weighted by molar-refractivity contribution is 7.92. The lowest BCUT2D eigenvalue weighted by atomic mass is 9.90. The maximum atomic E-state index is 13.3. The standard InChI is InChI=1S/C31H42N4O5S2/c1-24(23-41)31(37)34(22-30(36)40-35(27-11-5-2-6-12-27)28-13-7-3-8-14-28)32-21-25-17-19-26(20-18-25)33-42(38,39)29-15-9-4-10-16-29/h4,9-10,15-21,24,27-28,33,41H,2-3,5-8,11-14,22-23H2,1H3. The van der Waals surface area contributed by atoms with E-state index in [4.69, 9.17) is 4.84 Å². The summed E-state index contributed by atoms with van der Waals surface area (Å²) in [7, 11) is -3.71. The summed E-state index contributed by atoms with van der Waals surface area (Å²) in [6.45, 7) is 1.44. The summed E-state index contributed by atoms with van der Waals surface area (Å²) < 4.78 is 27.8. The van der Waals surface area contributed by atoms with Crippen LogP contribution in [-0.2, 0) is 24.4 Å². The van der Waals surface area contributed by atoms with Crippen LogP contribution in [0.3, 0.4) is 0 Å². The Labute approximate surface area is 255 Å². The van der Waals surface area contributed by atoms with E-state index in [0.717, 1.165) is 56.4 Å². The lowest BCUT2D eigenvalue weighted by Crippen LogP contribution is -2.48. The first-order chi connectivity index (χ1) is 20.3. The number of nitrogens with one attached hydrogen (secondary N) is 1. The average molecular weight is 615 g/mol. The molecule has 0 radical (unpaired) electrons. The van der Waals surface area contributed by atoms with Crippen molar-refractivity contribution in [1.82, 2.24) is 10.1 Å². The molecule has 2 saturated carbocycles. The van der Waals surface area contributed by atoms with Gasteiger partial charge in [0.15, 0.2) is 0 Å². The number of benzene rings is 2. The number of thiol groups is 1. The van der Waals surface area contributed by atoms with Gasteiger partial charge in [-0.3, -0.25) is 9.52 Å². The van der Waals surface area contributed by atoms with Gasteiger partial charge in [-0.15, -0.1) is 5.06 Å². The number of amides is 1. The molecule has 2 aromatic rings. The highest BCUT2D eigenvalue weighted by atomic mass is 32.2. The van der Waals surface area contributed by atoms with Crippen molar-refractivity contribution in [3.63, 3.8) is 0 Å². The quantitative estimate of drug-likeness (QED) is 0.182. The third-order valence-electron chi connectivity index (χ3n) is 7.87. The van der Waals surface area contributed by atoms with Crippen molar-refractivity contribution >= 4 is 46.4 Å². The minimum absolute atomic E-state index is 0.167. The molecule has 228 valence electrons. The van der Waals surface area contributed by atoms with Crippen molar-refractivity contribution in [3.05, 3.63) is 60.2 Å². The van der Waals surface area contributed by atoms with Crippen molar-refractivity contribution in [2.75, 3.05) is 17.0 Å². The van der Waals surface area contributed by atoms with Crippen LogP contribution in [0.1, 0.15) is 76.7 Å². The van der Waals surface area contributed by atoms with E-state index >= 15 is 0 Å². The fourth-order valence-electron chi connectivity index (χ4n) is 5.48. The van der Waals surface area contributed by atoms with E-state index in [2.05, 4.69) is 22.5 Å². The summed E-state index contributed by atoms with van der Waals surface area (Å²) in [4.78, 5) is 32.6. The van der Waals surface area contributed by atoms with E-state index in [1.165, 1.54) is 31.2 Å². The van der Waals surface area contributed by atoms with Crippen LogP contribution in [0, 0.1) is 5.92 Å². The van der Waals surface area contributed by atoms with Gasteiger partial charge in [-0.05, 0) is 55.5 Å². The smallest absolute Gasteiger partial charge is 0.346 e. The van der Waals surface area contributed by atoms with Gasteiger partial charge >= 0.3 is 5.97 Å². The van der Waals surface area contributed by atoms with Crippen LogP contribution in [0.25, 0.3) is 0 Å². The number of nitrogens with zero attached hydrogens (tertiary/aromatic N) is 3. The monoisotopic (exact) mass is 614 g/mol. The van der Waals surface area contributed by atoms with Gasteiger partial charge in [0.2, 0.25) is 5.91 Å². The minimum atomic E-state index is -3.71. The lowest BCUT2D eigenvalue weighted by molar-refractivity contribution is -0.223. The molecule has 4 rings (SSSR count). The average Bonchev–Trinajstić information content (AvgIpc) is 3.03. The van der Waals surface area contributed by atoms with Gasteiger partial charge < -0.3 is 4.84 Å². The van der Waals surface area contributed by atoms with E-state index < -0.39 is 21.9 Å². The van der Waals surface area contributed by atoms with Gasteiger partial charge in [0.05, 0.1) is 11.1 Å². The third-order valence-corrected chi connectivity index (χ3v) is 9.81. The van der Waals surface area contributed by atoms with Crippen LogP contribution in [0.2, 0.25) is 0 Å². The van der Waals surface area contributed by atoms with Crippen LogP contribution < -0.4 is 4.72 Å². The largest absolute Gasteiger partial charge is 0.366 e. The molecule has 9 nitrogen and oxygen atoms in total. The summed E-state index contributed by atoms with van der Waals surface area (Å²) >= 11 is 4.26. The molecule has 0 aliphatic heterocycles. The second-order valence-corrected chi connectivity index (χ2v) is 13.2. The Morgan fingerprint density at radius 3 is 2.07 bits per heavy atom. The second kappa shape index (κ2) is 15.5. The Morgan fingerprint density at radius 1 is 0.952 bits per heavy atom. The van der Waals surface area contributed by atoms with Gasteiger partial charge in [0.25, 0.3) is 10.0 Å². The number of hydrogen-bond donors (Lipinski definition) is 2. The van der Waals surface area contributed by atoms with Gasteiger partial charge in [-0.25, -0.2) is 18.2 Å². The minimum Gasteiger partial charge on any atom is -0.366 e. The third kappa shape index (κ3) is 9.05. The molecular weight excluding hydrogens is 572 g/mol. The van der Waals surface area contributed by atoms with Crippen molar-refractivity contribution in [3.8, 4) is 0 Å². The molecule has 2 aliphatic carbocycles. The molecule has 0 heterocycles. The fraction of sp³-hybridized carbons (Fsp3) is 0.516. The number of carbonyl (C=O) groups is 2. The molecule has 1 atom stereocenters. The highest BCUT2D eigenvalue weighted by Gasteiger charge is 2.33. The first kappa shape index (κ1) is 32.0. The predicted octanol–water partition coefficient (Wildman–Crippen LogP) is 5.64. The van der Waals surface area contributed by atoms with Gasteiger partial charge in [-0.2, -0.15) is 17.7 Å². The molecule has 11 heteroatoms. The Balaban J connectivity index is 1.44. The van der Waals surface area contributed by atoms with E-state index in [9.17, 15) is 18.0 Å². The predicted molar refractivity (Wildman–Crippen MR) is 168 cm³/mol. The SMILES string of the molecule is CC(CS)C(=O)N(CC(=O)ON(C1CCCCC1)C1CCCCC1)N=Cc1ccc(NS(=O)(=O)c2ccccc2)cc1. The first-order valence-corrected chi connectivity index (χ1v) is 17.0. The van der Waals surface area contributed by atoms with Crippen molar-refractivity contribution in [1.29, 1.82) is 0 Å². The molecule has 2 fully saturated rings. The number of hydroxylamine groups is 2. The van der Waals surface area contributed by atoms with Crippen LogP contribution in [-0.4, -0.2) is 61.0 Å². The summed E-state index contributed by atoms with van der Waals surface area (Å²) in [6, 6.07) is 15.2. The number of anilines is 1. The molecule has 2 aromatic carbocycles. The zero-order valence-electron chi connectivity index (χ0n) is 24.2. The van der Waals surface area contributed by atoms with E-state index in [1.807, 2.05) is 5.06 Å². The Bertz CT molecular complexity index is 1270. The zero-order valence-corrected chi connectivity index (χ0v) is 25.9. The van der Waals surface area contributed by atoms with Gasteiger partial charge in [0.1, 0.15) is 6.54 Å². The second-order valence-electron chi connectivity index (χ2n) is 11.2. The Morgan fingerprint density at radius 2 is 1.52 bits per heavy atom. The summed E-state index contributed by atoms with van der Waals surface area (Å²) in [5.74, 6) is -0.964. The van der Waals surface area contributed by atoms with E-state index in [-0.39, 0.29) is 29.4 Å². The van der Waals surface area contributed by atoms with Crippen LogP contribution >= 0.6 is 12.6 Å². The summed E-state index contributed by atoms with van der Waals surface area (Å²) in [5.41, 5.74) is 1.02. The maximum Gasteiger partial charge on any atom is 0.346 e. The Kier molecular flexibility index (Phi) is 11.9. The van der Waals surface area contributed by atoms with Crippen molar-refractivity contribution in [2.45, 2.75) is 88.1 Å². The van der Waals surface area contributed by atoms with Crippen molar-refractivity contribution in [2.24, 2.45) is 11.0 Å². The molecule has 0 saturated heterocycles. The van der Waals surface area contributed by atoms with E-state index in [1.54, 1.807) is 49.4 Å². The molecule has 0 bridgehead atoms. The normalized spacial score (nSPS) is 17.7. The van der Waals surface area contributed by atoms with Crippen molar-refractivity contribution < 1.29 is 22.8 Å². The van der Waals surface area contributed by atoms with Crippen LogP contribution in [0.5, 0.6) is 0 Å². The first-order valence-electron chi connectivity index (χ1n) is 14.9. The molecule has 0 aromatic heterocycles. The van der Waals surface area contributed by atoms with Crippen LogP contribution in [0.4, 0.5) is 5.69 Å². The molecule has 42 heavy (non-hydrogen) atoms. The maximum absolute atomic E-state index is 13.3. The molecule has 2 aliphatic rings. The number of rotatable bonds is 12. The molecule has 1 amide bonds. The summed E-state index contributed by atoms with van der Waals surface area (Å²) in [5, 5.41) is 7.45. The molecule has 0 spiro atoms. The van der Waals surface area contributed by atoms with E-state index in [0.29, 0.717) is 17.0 Å². The molecule has 1 unspecified atom stereocenters. The number of sulfonamides is 1. The fourth-order valence-corrected chi connectivity index (χ4v) is 6.72. The molecule has 1 N–H and O–H groups in total. The zero-order chi connectivity index (χ0) is 30.0. The van der Waals surface area contributed by atoms with Gasteiger partial charge in [-0.1, -0.05) is 75.8 Å². The molecular formula is C31H42N4O5S2. The Hall–Kier alpha value is -2.89. The van der Waals surface area contributed by atoms with Gasteiger partial charge in [0, 0.05) is 29.4 Å². The summed E-state index contributed by atoms with van der Waals surface area (Å²) in [6.07, 6.45) is 12.5.